The molecule has 3 aliphatic rings. The van der Waals surface area contributed by atoms with Crippen molar-refractivity contribution in [2.24, 2.45) is 0 Å². The fraction of sp³-hybridized carbons (Fsp3) is 0.594. The Labute approximate surface area is 287 Å². The molecular formula is C32H42N4O14. The number of nitrogens with zero attached hydrogens (tertiary/aromatic N) is 2. The molecule has 274 valence electrons. The van der Waals surface area contributed by atoms with Gasteiger partial charge in [0, 0.05) is 31.5 Å². The maximum absolute atomic E-state index is 13.1. The van der Waals surface area contributed by atoms with E-state index in [1.807, 2.05) is 0 Å². The molecule has 2 fully saturated rings. The molecule has 1 atom stereocenters. The van der Waals surface area contributed by atoms with Gasteiger partial charge in [0.1, 0.15) is 6.04 Å². The van der Waals surface area contributed by atoms with Crippen LogP contribution in [0, 0.1) is 0 Å². The minimum Gasteiger partial charge on any atom is -0.382 e. The number of nitrogens with one attached hydrogen (secondary N) is 2. The van der Waals surface area contributed by atoms with E-state index in [4.69, 9.17) is 33.3 Å². The van der Waals surface area contributed by atoms with Crippen LogP contribution in [0.1, 0.15) is 52.8 Å². The third-order valence-electron chi connectivity index (χ3n) is 7.54. The standard InChI is InChI=1S/C32H42N4O14/c37-25-5-4-24(30(41)34-25)35-31(42)22-2-1-3-23(29(22)32(35)43)33-9-11-45-13-15-47-17-19-49-21-20-48-18-16-46-14-12-44-10-8-28(40)50-36-26(38)6-7-27(36)39/h1-3,24,33H,4-21H2,(H,34,37,41). The van der Waals surface area contributed by atoms with Crippen molar-refractivity contribution < 1.29 is 66.8 Å². The Hall–Kier alpha value is -4.33. The highest BCUT2D eigenvalue weighted by Crippen LogP contribution is 2.32. The number of benzene rings is 1. The zero-order valence-electron chi connectivity index (χ0n) is 27.6. The molecule has 1 aromatic rings. The number of hydrogen-bond donors (Lipinski definition) is 2. The van der Waals surface area contributed by atoms with Gasteiger partial charge in [-0.05, 0) is 18.6 Å². The Morgan fingerprint density at radius 1 is 0.700 bits per heavy atom. The lowest BCUT2D eigenvalue weighted by molar-refractivity contribution is -0.198. The zero-order chi connectivity index (χ0) is 35.7. The quantitative estimate of drug-likeness (QED) is 0.103. The summed E-state index contributed by atoms with van der Waals surface area (Å²) in [5.41, 5.74) is 0.860. The van der Waals surface area contributed by atoms with Gasteiger partial charge < -0.3 is 38.6 Å². The number of piperidine rings is 1. The molecule has 50 heavy (non-hydrogen) atoms. The van der Waals surface area contributed by atoms with Crippen molar-refractivity contribution in [3.63, 3.8) is 0 Å². The number of carbonyl (C=O) groups is 7. The molecular weight excluding hydrogens is 664 g/mol. The van der Waals surface area contributed by atoms with Crippen molar-refractivity contribution in [1.29, 1.82) is 0 Å². The maximum atomic E-state index is 13.1. The van der Waals surface area contributed by atoms with E-state index in [-0.39, 0.29) is 56.4 Å². The monoisotopic (exact) mass is 706 g/mol. The number of imide groups is 3. The zero-order valence-corrected chi connectivity index (χ0v) is 27.6. The highest BCUT2D eigenvalue weighted by atomic mass is 16.7. The van der Waals surface area contributed by atoms with E-state index >= 15 is 0 Å². The van der Waals surface area contributed by atoms with Crippen LogP contribution in [-0.2, 0) is 57.2 Å². The Balaban J connectivity index is 0.913. The van der Waals surface area contributed by atoms with Crippen molar-refractivity contribution in [1.82, 2.24) is 15.3 Å². The van der Waals surface area contributed by atoms with Crippen LogP contribution < -0.4 is 10.6 Å². The summed E-state index contributed by atoms with van der Waals surface area (Å²) in [5, 5.41) is 5.80. The average Bonchev–Trinajstić information content (AvgIpc) is 3.55. The van der Waals surface area contributed by atoms with E-state index in [9.17, 15) is 33.6 Å². The number of fused-ring (bicyclic) bond motifs is 1. The van der Waals surface area contributed by atoms with Gasteiger partial charge in [0.15, 0.2) is 0 Å². The molecule has 18 heteroatoms. The molecule has 2 saturated heterocycles. The maximum Gasteiger partial charge on any atom is 0.335 e. The van der Waals surface area contributed by atoms with Crippen molar-refractivity contribution in [3.05, 3.63) is 29.3 Å². The van der Waals surface area contributed by atoms with E-state index in [2.05, 4.69) is 10.6 Å². The molecule has 6 amide bonds. The van der Waals surface area contributed by atoms with Crippen LogP contribution in [0.15, 0.2) is 18.2 Å². The SMILES string of the molecule is O=C1CCC(N2C(=O)c3cccc(NCCOCCOCCOCCOCCOCCOCCC(=O)ON4C(=O)CCC4=O)c3C2=O)C(=O)N1. The summed E-state index contributed by atoms with van der Waals surface area (Å²) in [6.07, 6.45) is 0.140. The van der Waals surface area contributed by atoms with E-state index in [0.717, 1.165) is 4.90 Å². The second-order valence-electron chi connectivity index (χ2n) is 11.1. The van der Waals surface area contributed by atoms with E-state index in [0.29, 0.717) is 83.4 Å². The molecule has 3 aliphatic heterocycles. The van der Waals surface area contributed by atoms with Gasteiger partial charge in [-0.3, -0.25) is 39.0 Å². The van der Waals surface area contributed by atoms with Crippen LogP contribution in [0.5, 0.6) is 0 Å². The second-order valence-corrected chi connectivity index (χ2v) is 11.1. The second kappa shape index (κ2) is 20.4. The van der Waals surface area contributed by atoms with Gasteiger partial charge in [0.25, 0.3) is 23.6 Å². The van der Waals surface area contributed by atoms with Gasteiger partial charge in [-0.15, -0.1) is 5.06 Å². The third-order valence-corrected chi connectivity index (χ3v) is 7.54. The van der Waals surface area contributed by atoms with Crippen LogP contribution in [0.25, 0.3) is 0 Å². The number of ether oxygens (including phenoxy) is 6. The minimum absolute atomic E-state index is 0.0440. The number of anilines is 1. The van der Waals surface area contributed by atoms with Crippen molar-refractivity contribution >= 4 is 47.1 Å². The molecule has 0 bridgehead atoms. The molecule has 0 spiro atoms. The number of hydrogen-bond acceptors (Lipinski definition) is 15. The number of carbonyl (C=O) groups excluding carboxylic acids is 7. The van der Waals surface area contributed by atoms with Crippen molar-refractivity contribution in [2.75, 3.05) is 91.1 Å². The average molecular weight is 707 g/mol. The molecule has 1 aromatic carbocycles. The van der Waals surface area contributed by atoms with Gasteiger partial charge >= 0.3 is 5.97 Å². The number of amides is 6. The van der Waals surface area contributed by atoms with Crippen molar-refractivity contribution in [3.8, 4) is 0 Å². The molecule has 4 rings (SSSR count). The number of rotatable bonds is 24. The lowest BCUT2D eigenvalue weighted by Gasteiger charge is -2.27. The van der Waals surface area contributed by atoms with E-state index < -0.39 is 47.5 Å². The molecule has 1 unspecified atom stereocenters. The molecule has 2 N–H and O–H groups in total. The lowest BCUT2D eigenvalue weighted by atomic mass is 10.0. The Morgan fingerprint density at radius 2 is 1.24 bits per heavy atom. The summed E-state index contributed by atoms with van der Waals surface area (Å²) in [6.45, 7) is 4.31. The van der Waals surface area contributed by atoms with Crippen LogP contribution in [0.4, 0.5) is 5.69 Å². The first-order valence-corrected chi connectivity index (χ1v) is 16.4. The summed E-state index contributed by atoms with van der Waals surface area (Å²) >= 11 is 0. The highest BCUT2D eigenvalue weighted by Gasteiger charge is 2.45. The van der Waals surface area contributed by atoms with Gasteiger partial charge in [0.2, 0.25) is 11.8 Å². The summed E-state index contributed by atoms with van der Waals surface area (Å²) in [5.74, 6) is -3.99. The first-order chi connectivity index (χ1) is 24.3. The normalized spacial score (nSPS) is 17.5. The molecule has 0 saturated carbocycles. The molecule has 3 heterocycles. The fourth-order valence-corrected chi connectivity index (χ4v) is 5.08. The topological polar surface area (TPSA) is 215 Å². The van der Waals surface area contributed by atoms with Crippen LogP contribution >= 0.6 is 0 Å². The molecule has 18 nitrogen and oxygen atoms in total. The molecule has 0 radical (unpaired) electrons. The predicted octanol–water partition coefficient (Wildman–Crippen LogP) is -0.403. The first-order valence-electron chi connectivity index (χ1n) is 16.4. The Bertz CT molecular complexity index is 1370. The third kappa shape index (κ3) is 11.4. The van der Waals surface area contributed by atoms with Gasteiger partial charge in [-0.25, -0.2) is 4.79 Å². The molecule has 0 aliphatic carbocycles. The van der Waals surface area contributed by atoms with Gasteiger partial charge in [0.05, 0.1) is 96.8 Å². The highest BCUT2D eigenvalue weighted by molar-refractivity contribution is 6.25. The Kier molecular flexibility index (Phi) is 15.7. The van der Waals surface area contributed by atoms with Crippen molar-refractivity contribution in [2.45, 2.75) is 38.1 Å². The molecule has 0 aromatic heterocycles. The van der Waals surface area contributed by atoms with Gasteiger partial charge in [-0.2, -0.15) is 0 Å². The van der Waals surface area contributed by atoms with Crippen LogP contribution in [0.3, 0.4) is 0 Å². The number of hydroxylamine groups is 2. The lowest BCUT2D eigenvalue weighted by Crippen LogP contribution is -2.54. The largest absolute Gasteiger partial charge is 0.382 e. The Morgan fingerprint density at radius 3 is 1.80 bits per heavy atom. The fourth-order valence-electron chi connectivity index (χ4n) is 5.08. The van der Waals surface area contributed by atoms with E-state index in [1.165, 1.54) is 6.07 Å². The first kappa shape index (κ1) is 38.5. The summed E-state index contributed by atoms with van der Waals surface area (Å²) < 4.78 is 32.6. The summed E-state index contributed by atoms with van der Waals surface area (Å²) in [6, 6.07) is 3.85. The van der Waals surface area contributed by atoms with Crippen LogP contribution in [-0.4, -0.2) is 143 Å². The predicted molar refractivity (Wildman–Crippen MR) is 168 cm³/mol. The minimum atomic E-state index is -1.02. The van der Waals surface area contributed by atoms with E-state index in [1.54, 1.807) is 12.1 Å². The summed E-state index contributed by atoms with van der Waals surface area (Å²) in [7, 11) is 0. The van der Waals surface area contributed by atoms with Gasteiger partial charge in [-0.1, -0.05) is 6.07 Å². The summed E-state index contributed by atoms with van der Waals surface area (Å²) in [4.78, 5) is 90.0. The van der Waals surface area contributed by atoms with Crippen LogP contribution in [0.2, 0.25) is 0 Å². The smallest absolute Gasteiger partial charge is 0.335 e.